The van der Waals surface area contributed by atoms with Crippen LogP contribution in [-0.4, -0.2) is 11.1 Å². The van der Waals surface area contributed by atoms with Crippen molar-refractivity contribution in [2.45, 2.75) is 31.1 Å². The first kappa shape index (κ1) is 11.3. The molecule has 0 radical (unpaired) electrons. The van der Waals surface area contributed by atoms with Crippen LogP contribution in [0.15, 0.2) is 18.2 Å². The summed E-state index contributed by atoms with van der Waals surface area (Å²) in [6.45, 7) is 0. The molecule has 2 rings (SSSR count). The van der Waals surface area contributed by atoms with Crippen LogP contribution in [0, 0.1) is 0 Å². The number of para-hydroxylation sites is 1. The second-order valence-electron chi connectivity index (χ2n) is 4.30. The first-order chi connectivity index (χ1) is 7.58. The Kier molecular flexibility index (Phi) is 2.80. The van der Waals surface area contributed by atoms with Gasteiger partial charge in [0.05, 0.1) is 16.1 Å². The van der Waals surface area contributed by atoms with E-state index in [1.165, 1.54) is 0 Å². The van der Waals surface area contributed by atoms with Crippen LogP contribution in [-0.2, 0) is 10.2 Å². The van der Waals surface area contributed by atoms with Crippen LogP contribution in [0.5, 0.6) is 0 Å². The lowest BCUT2D eigenvalue weighted by Gasteiger charge is -2.26. The predicted octanol–water partition coefficient (Wildman–Crippen LogP) is 2.82. The molecule has 0 unspecified atom stereocenters. The number of carbonyl (C=O) groups is 1. The second-order valence-corrected chi connectivity index (χ2v) is 4.70. The SMILES string of the molecule is Nc1c(Cl)cccc1C1(C(=O)O)CCCC1. The molecule has 1 aliphatic rings. The van der Waals surface area contributed by atoms with E-state index in [0.29, 0.717) is 29.1 Å². The van der Waals surface area contributed by atoms with Gasteiger partial charge in [0.25, 0.3) is 0 Å². The van der Waals surface area contributed by atoms with E-state index in [9.17, 15) is 9.90 Å². The maximum absolute atomic E-state index is 11.5. The number of hydrogen-bond donors (Lipinski definition) is 2. The average molecular weight is 240 g/mol. The minimum absolute atomic E-state index is 0.411. The Morgan fingerprint density at radius 1 is 1.38 bits per heavy atom. The smallest absolute Gasteiger partial charge is 0.314 e. The van der Waals surface area contributed by atoms with Crippen molar-refractivity contribution in [1.29, 1.82) is 0 Å². The first-order valence-electron chi connectivity index (χ1n) is 5.36. The van der Waals surface area contributed by atoms with Gasteiger partial charge in [0, 0.05) is 0 Å². The normalized spacial score (nSPS) is 18.6. The predicted molar refractivity (Wildman–Crippen MR) is 63.6 cm³/mol. The van der Waals surface area contributed by atoms with Crippen LogP contribution in [0.4, 0.5) is 5.69 Å². The van der Waals surface area contributed by atoms with Crippen LogP contribution < -0.4 is 5.73 Å². The second kappa shape index (κ2) is 3.98. The van der Waals surface area contributed by atoms with Crippen molar-refractivity contribution in [3.8, 4) is 0 Å². The molecule has 3 nitrogen and oxygen atoms in total. The highest BCUT2D eigenvalue weighted by Gasteiger charge is 2.44. The molecule has 1 fully saturated rings. The van der Waals surface area contributed by atoms with Crippen LogP contribution in [0.3, 0.4) is 0 Å². The number of carboxylic acid groups (broad SMARTS) is 1. The number of aliphatic carboxylic acids is 1. The standard InChI is InChI=1S/C12H14ClNO2/c13-9-5-3-4-8(10(9)14)12(11(15)16)6-1-2-7-12/h3-5H,1-2,6-7,14H2,(H,15,16). The van der Waals surface area contributed by atoms with Crippen LogP contribution >= 0.6 is 11.6 Å². The van der Waals surface area contributed by atoms with Gasteiger partial charge in [-0.2, -0.15) is 0 Å². The Balaban J connectivity index is 2.56. The summed E-state index contributed by atoms with van der Waals surface area (Å²) in [5.74, 6) is -0.793. The maximum Gasteiger partial charge on any atom is 0.314 e. The summed E-state index contributed by atoms with van der Waals surface area (Å²) in [6.07, 6.45) is 3.15. The Bertz CT molecular complexity index is 425. The minimum atomic E-state index is -0.824. The fourth-order valence-electron chi connectivity index (χ4n) is 2.53. The molecule has 1 aromatic rings. The van der Waals surface area contributed by atoms with Crippen LogP contribution in [0.25, 0.3) is 0 Å². The Morgan fingerprint density at radius 3 is 2.56 bits per heavy atom. The van der Waals surface area contributed by atoms with Gasteiger partial charge in [0.1, 0.15) is 0 Å². The van der Waals surface area contributed by atoms with Crippen molar-refractivity contribution in [2.75, 3.05) is 5.73 Å². The van der Waals surface area contributed by atoms with Crippen molar-refractivity contribution in [1.82, 2.24) is 0 Å². The zero-order valence-electron chi connectivity index (χ0n) is 8.87. The first-order valence-corrected chi connectivity index (χ1v) is 5.73. The number of anilines is 1. The molecule has 0 spiro atoms. The summed E-state index contributed by atoms with van der Waals surface area (Å²) in [6, 6.07) is 5.22. The molecule has 0 atom stereocenters. The van der Waals surface area contributed by atoms with Gasteiger partial charge in [-0.3, -0.25) is 4.79 Å². The number of rotatable bonds is 2. The zero-order valence-corrected chi connectivity index (χ0v) is 9.63. The lowest BCUT2D eigenvalue weighted by atomic mass is 9.78. The van der Waals surface area contributed by atoms with E-state index < -0.39 is 11.4 Å². The van der Waals surface area contributed by atoms with Gasteiger partial charge in [0.15, 0.2) is 0 Å². The highest BCUT2D eigenvalue weighted by molar-refractivity contribution is 6.33. The summed E-state index contributed by atoms with van der Waals surface area (Å²) in [5.41, 5.74) is 6.15. The molecule has 0 bridgehead atoms. The van der Waals surface area contributed by atoms with Crippen molar-refractivity contribution in [3.63, 3.8) is 0 Å². The van der Waals surface area contributed by atoms with Gasteiger partial charge in [-0.25, -0.2) is 0 Å². The highest BCUT2D eigenvalue weighted by Crippen LogP contribution is 2.44. The van der Waals surface area contributed by atoms with E-state index in [-0.39, 0.29) is 0 Å². The Labute approximate surface area is 99.2 Å². The molecule has 0 aliphatic heterocycles. The Hall–Kier alpha value is -1.22. The summed E-state index contributed by atoms with van der Waals surface area (Å²) in [5, 5.41) is 9.87. The number of hydrogen-bond acceptors (Lipinski definition) is 2. The minimum Gasteiger partial charge on any atom is -0.481 e. The van der Waals surface area contributed by atoms with Gasteiger partial charge in [-0.05, 0) is 24.5 Å². The summed E-state index contributed by atoms with van der Waals surface area (Å²) in [7, 11) is 0. The third-order valence-electron chi connectivity index (χ3n) is 3.43. The van der Waals surface area contributed by atoms with E-state index in [2.05, 4.69) is 0 Å². The van der Waals surface area contributed by atoms with Crippen LogP contribution in [0.2, 0.25) is 5.02 Å². The fourth-order valence-corrected chi connectivity index (χ4v) is 2.71. The van der Waals surface area contributed by atoms with Crippen LogP contribution in [0.1, 0.15) is 31.2 Å². The fraction of sp³-hybridized carbons (Fsp3) is 0.417. The van der Waals surface area contributed by atoms with Gasteiger partial charge < -0.3 is 10.8 Å². The van der Waals surface area contributed by atoms with E-state index >= 15 is 0 Å². The lowest BCUT2D eigenvalue weighted by molar-refractivity contribution is -0.143. The highest BCUT2D eigenvalue weighted by atomic mass is 35.5. The Morgan fingerprint density at radius 2 is 2.00 bits per heavy atom. The third kappa shape index (κ3) is 1.55. The average Bonchev–Trinajstić information content (AvgIpc) is 2.72. The summed E-state index contributed by atoms with van der Waals surface area (Å²) >= 11 is 5.94. The molecule has 3 N–H and O–H groups in total. The van der Waals surface area contributed by atoms with Gasteiger partial charge in [-0.1, -0.05) is 36.6 Å². The summed E-state index contributed by atoms with van der Waals surface area (Å²) in [4.78, 5) is 11.5. The van der Waals surface area contributed by atoms with Gasteiger partial charge >= 0.3 is 5.97 Å². The molecule has 0 amide bonds. The summed E-state index contributed by atoms with van der Waals surface area (Å²) < 4.78 is 0. The molecule has 1 aliphatic carbocycles. The molecule has 0 heterocycles. The zero-order chi connectivity index (χ0) is 11.8. The molecule has 4 heteroatoms. The van der Waals surface area contributed by atoms with E-state index in [1.54, 1.807) is 18.2 Å². The van der Waals surface area contributed by atoms with Crippen molar-refractivity contribution in [2.24, 2.45) is 0 Å². The van der Waals surface area contributed by atoms with E-state index in [1.807, 2.05) is 0 Å². The third-order valence-corrected chi connectivity index (χ3v) is 3.76. The molecule has 16 heavy (non-hydrogen) atoms. The molecule has 1 saturated carbocycles. The lowest BCUT2D eigenvalue weighted by Crippen LogP contribution is -2.33. The molecule has 86 valence electrons. The molecular weight excluding hydrogens is 226 g/mol. The van der Waals surface area contributed by atoms with Gasteiger partial charge in [-0.15, -0.1) is 0 Å². The monoisotopic (exact) mass is 239 g/mol. The van der Waals surface area contributed by atoms with Crippen molar-refractivity contribution in [3.05, 3.63) is 28.8 Å². The molecule has 0 saturated heterocycles. The number of carboxylic acids is 1. The topological polar surface area (TPSA) is 63.3 Å². The number of benzene rings is 1. The number of halogens is 1. The quantitative estimate of drug-likeness (QED) is 0.780. The van der Waals surface area contributed by atoms with E-state index in [0.717, 1.165) is 12.8 Å². The van der Waals surface area contributed by atoms with Crippen molar-refractivity contribution >= 4 is 23.3 Å². The molecule has 0 aromatic heterocycles. The molecule has 1 aromatic carbocycles. The maximum atomic E-state index is 11.5. The number of nitrogen functional groups attached to an aromatic ring is 1. The molecular formula is C12H14ClNO2. The van der Waals surface area contributed by atoms with E-state index in [4.69, 9.17) is 17.3 Å². The van der Waals surface area contributed by atoms with Crippen molar-refractivity contribution < 1.29 is 9.90 Å². The number of nitrogens with two attached hydrogens (primary N) is 1. The van der Waals surface area contributed by atoms with Gasteiger partial charge in [0.2, 0.25) is 0 Å². The largest absolute Gasteiger partial charge is 0.481 e.